The van der Waals surface area contributed by atoms with Crippen LogP contribution in [0.3, 0.4) is 0 Å². The predicted molar refractivity (Wildman–Crippen MR) is 103 cm³/mol. The topological polar surface area (TPSA) is 43.2 Å². The fraction of sp³-hybridized carbons (Fsp3) is 0.364. The third-order valence-corrected chi connectivity index (χ3v) is 5.75. The molecule has 1 aromatic heterocycles. The van der Waals surface area contributed by atoms with Crippen LogP contribution in [0.25, 0.3) is 0 Å². The Hall–Kier alpha value is -2.57. The highest BCUT2D eigenvalue weighted by molar-refractivity contribution is 5.20. The molecule has 5 rings (SSSR count). The molecule has 3 heterocycles. The van der Waals surface area contributed by atoms with E-state index in [9.17, 15) is 4.39 Å². The second-order valence-electron chi connectivity index (χ2n) is 7.84. The van der Waals surface area contributed by atoms with Crippen molar-refractivity contribution in [3.63, 3.8) is 0 Å². The van der Waals surface area contributed by atoms with E-state index < -0.39 is 0 Å². The molecule has 144 valence electrons. The van der Waals surface area contributed by atoms with Crippen LogP contribution in [0, 0.1) is 5.82 Å². The standard InChI is InChI=1S/C22H23FN4O/c23-19-8-4-7-18(11-19)13-26-10-9-22(15-26)16-27-20(24-25-21(27)14-28-22)12-17-5-2-1-3-6-17/h1-8,11H,9-10,12-16H2. The molecule has 2 aliphatic rings. The lowest BCUT2D eigenvalue weighted by Crippen LogP contribution is -2.44. The number of benzene rings is 2. The van der Waals surface area contributed by atoms with E-state index in [2.05, 4.69) is 43.9 Å². The molecule has 0 N–H and O–H groups in total. The Morgan fingerprint density at radius 1 is 1.00 bits per heavy atom. The van der Waals surface area contributed by atoms with Crippen molar-refractivity contribution in [1.29, 1.82) is 0 Å². The van der Waals surface area contributed by atoms with Gasteiger partial charge in [-0.3, -0.25) is 4.90 Å². The maximum absolute atomic E-state index is 13.5. The summed E-state index contributed by atoms with van der Waals surface area (Å²) in [6, 6.07) is 17.2. The molecule has 6 heteroatoms. The molecule has 0 amide bonds. The molecule has 0 aliphatic carbocycles. The summed E-state index contributed by atoms with van der Waals surface area (Å²) < 4.78 is 22.0. The SMILES string of the molecule is Fc1cccc(CN2CCC3(C2)Cn2c(nnc2Cc2ccccc2)CO3)c1. The maximum atomic E-state index is 13.5. The minimum absolute atomic E-state index is 0.181. The number of aromatic nitrogens is 3. The highest BCUT2D eigenvalue weighted by Crippen LogP contribution is 2.33. The van der Waals surface area contributed by atoms with Gasteiger partial charge in [0.25, 0.3) is 0 Å². The quantitative estimate of drug-likeness (QED) is 0.699. The lowest BCUT2D eigenvalue weighted by atomic mass is 10.0. The van der Waals surface area contributed by atoms with Crippen LogP contribution in [0.4, 0.5) is 4.39 Å². The summed E-state index contributed by atoms with van der Waals surface area (Å²) in [7, 11) is 0. The third-order valence-electron chi connectivity index (χ3n) is 5.75. The van der Waals surface area contributed by atoms with Crippen LogP contribution in [0.1, 0.15) is 29.2 Å². The zero-order valence-electron chi connectivity index (χ0n) is 15.7. The van der Waals surface area contributed by atoms with Gasteiger partial charge in [0.15, 0.2) is 5.82 Å². The highest BCUT2D eigenvalue weighted by atomic mass is 19.1. The van der Waals surface area contributed by atoms with Gasteiger partial charge in [-0.2, -0.15) is 0 Å². The Balaban J connectivity index is 1.31. The van der Waals surface area contributed by atoms with Gasteiger partial charge in [-0.1, -0.05) is 42.5 Å². The van der Waals surface area contributed by atoms with Crippen LogP contribution in [-0.4, -0.2) is 38.4 Å². The normalized spacial score (nSPS) is 21.9. The summed E-state index contributed by atoms with van der Waals surface area (Å²) in [6.07, 6.45) is 1.74. The van der Waals surface area contributed by atoms with E-state index in [1.807, 2.05) is 12.1 Å². The van der Waals surface area contributed by atoms with E-state index in [1.54, 1.807) is 12.1 Å². The summed E-state index contributed by atoms with van der Waals surface area (Å²) in [5, 5.41) is 8.76. The molecule has 1 saturated heterocycles. The number of halogens is 1. The smallest absolute Gasteiger partial charge is 0.159 e. The molecule has 2 aliphatic heterocycles. The molecule has 0 bridgehead atoms. The van der Waals surface area contributed by atoms with Gasteiger partial charge in [-0.05, 0) is 29.7 Å². The fourth-order valence-electron chi connectivity index (χ4n) is 4.33. The maximum Gasteiger partial charge on any atom is 0.159 e. The van der Waals surface area contributed by atoms with Gasteiger partial charge in [0, 0.05) is 26.1 Å². The monoisotopic (exact) mass is 378 g/mol. The van der Waals surface area contributed by atoms with Crippen molar-refractivity contribution in [2.24, 2.45) is 0 Å². The van der Waals surface area contributed by atoms with Gasteiger partial charge in [0.05, 0.1) is 6.54 Å². The van der Waals surface area contributed by atoms with E-state index in [-0.39, 0.29) is 11.4 Å². The van der Waals surface area contributed by atoms with Gasteiger partial charge in [0.2, 0.25) is 0 Å². The lowest BCUT2D eigenvalue weighted by Gasteiger charge is -2.34. The summed E-state index contributed by atoms with van der Waals surface area (Å²) in [5.74, 6) is 1.72. The van der Waals surface area contributed by atoms with Gasteiger partial charge in [-0.15, -0.1) is 10.2 Å². The number of fused-ring (bicyclic) bond motifs is 1. The van der Waals surface area contributed by atoms with E-state index in [4.69, 9.17) is 4.74 Å². The molecule has 1 atom stereocenters. The van der Waals surface area contributed by atoms with Crippen molar-refractivity contribution in [3.05, 3.63) is 83.2 Å². The zero-order valence-corrected chi connectivity index (χ0v) is 15.7. The Morgan fingerprint density at radius 2 is 1.86 bits per heavy atom. The van der Waals surface area contributed by atoms with Crippen LogP contribution in [-0.2, 0) is 30.9 Å². The minimum atomic E-state index is -0.214. The molecular weight excluding hydrogens is 355 g/mol. The molecule has 1 spiro atoms. The van der Waals surface area contributed by atoms with E-state index in [1.165, 1.54) is 11.6 Å². The van der Waals surface area contributed by atoms with Gasteiger partial charge < -0.3 is 9.30 Å². The number of rotatable bonds is 4. The predicted octanol–water partition coefficient (Wildman–Crippen LogP) is 3.18. The number of ether oxygens (including phenoxy) is 1. The van der Waals surface area contributed by atoms with E-state index in [0.29, 0.717) is 6.61 Å². The Morgan fingerprint density at radius 3 is 2.71 bits per heavy atom. The van der Waals surface area contributed by atoms with Crippen molar-refractivity contribution in [2.45, 2.75) is 38.1 Å². The molecule has 0 radical (unpaired) electrons. The molecule has 2 aromatic carbocycles. The van der Waals surface area contributed by atoms with Gasteiger partial charge in [0.1, 0.15) is 23.8 Å². The van der Waals surface area contributed by atoms with Crippen LogP contribution in [0.5, 0.6) is 0 Å². The van der Waals surface area contributed by atoms with Crippen LogP contribution >= 0.6 is 0 Å². The van der Waals surface area contributed by atoms with E-state index in [0.717, 1.165) is 56.2 Å². The molecule has 5 nitrogen and oxygen atoms in total. The van der Waals surface area contributed by atoms with Crippen molar-refractivity contribution in [3.8, 4) is 0 Å². The minimum Gasteiger partial charge on any atom is -0.364 e. The Kier molecular flexibility index (Phi) is 4.45. The summed E-state index contributed by atoms with van der Waals surface area (Å²) >= 11 is 0. The number of likely N-dealkylation sites (tertiary alicyclic amines) is 1. The Bertz CT molecular complexity index is 974. The number of hydrogen-bond donors (Lipinski definition) is 0. The first kappa shape index (κ1) is 17.5. The fourth-order valence-corrected chi connectivity index (χ4v) is 4.33. The summed E-state index contributed by atoms with van der Waals surface area (Å²) in [6.45, 7) is 3.80. The summed E-state index contributed by atoms with van der Waals surface area (Å²) in [4.78, 5) is 2.35. The van der Waals surface area contributed by atoms with Crippen molar-refractivity contribution >= 4 is 0 Å². The second-order valence-corrected chi connectivity index (χ2v) is 7.84. The van der Waals surface area contributed by atoms with Gasteiger partial charge >= 0.3 is 0 Å². The second kappa shape index (κ2) is 7.11. The molecule has 1 fully saturated rings. The molecule has 1 unspecified atom stereocenters. The van der Waals surface area contributed by atoms with Crippen molar-refractivity contribution in [1.82, 2.24) is 19.7 Å². The zero-order chi connectivity index (χ0) is 19.0. The Labute approximate surface area is 163 Å². The first-order valence-electron chi connectivity index (χ1n) is 9.75. The number of nitrogens with zero attached hydrogens (tertiary/aromatic N) is 4. The number of hydrogen-bond acceptors (Lipinski definition) is 4. The molecule has 28 heavy (non-hydrogen) atoms. The van der Waals surface area contributed by atoms with Crippen LogP contribution in [0.15, 0.2) is 54.6 Å². The first-order valence-corrected chi connectivity index (χ1v) is 9.75. The van der Waals surface area contributed by atoms with Gasteiger partial charge in [-0.25, -0.2) is 4.39 Å². The summed E-state index contributed by atoms with van der Waals surface area (Å²) in [5.41, 5.74) is 2.02. The largest absolute Gasteiger partial charge is 0.364 e. The molecule has 0 saturated carbocycles. The molecule has 3 aromatic rings. The van der Waals surface area contributed by atoms with E-state index >= 15 is 0 Å². The average Bonchev–Trinajstić information content (AvgIpc) is 3.27. The van der Waals surface area contributed by atoms with Crippen molar-refractivity contribution in [2.75, 3.05) is 13.1 Å². The highest BCUT2D eigenvalue weighted by Gasteiger charge is 2.43. The third kappa shape index (κ3) is 3.45. The molecular formula is C22H23FN4O. The lowest BCUT2D eigenvalue weighted by molar-refractivity contribution is -0.0830. The van der Waals surface area contributed by atoms with Crippen molar-refractivity contribution < 1.29 is 9.13 Å². The van der Waals surface area contributed by atoms with Crippen LogP contribution in [0.2, 0.25) is 0 Å². The first-order chi connectivity index (χ1) is 13.7. The van der Waals surface area contributed by atoms with Crippen LogP contribution < -0.4 is 0 Å². The average molecular weight is 378 g/mol.